The van der Waals surface area contributed by atoms with Gasteiger partial charge in [-0.25, -0.2) is 0 Å². The second-order valence-corrected chi connectivity index (χ2v) is 3.02. The van der Waals surface area contributed by atoms with Crippen LogP contribution in [0.2, 0.25) is 0 Å². The van der Waals surface area contributed by atoms with Gasteiger partial charge in [0.15, 0.2) is 0 Å². The molecule has 0 spiro atoms. The molecule has 3 heteroatoms. The molecule has 1 heterocycles. The number of aryl methyl sites for hydroxylation is 1. The molecule has 1 aromatic rings. The molecule has 0 amide bonds. The van der Waals surface area contributed by atoms with Crippen LogP contribution in [0.25, 0.3) is 0 Å². The van der Waals surface area contributed by atoms with Crippen LogP contribution >= 0.6 is 11.6 Å². The molecular weight excluding hydrogens is 184 g/mol. The van der Waals surface area contributed by atoms with Crippen molar-refractivity contribution in [2.75, 3.05) is 11.6 Å². The lowest BCUT2D eigenvalue weighted by atomic mass is 10.2. The third kappa shape index (κ3) is 2.96. The van der Waals surface area contributed by atoms with Crippen LogP contribution in [0.5, 0.6) is 0 Å². The maximum Gasteiger partial charge on any atom is 0.0602 e. The van der Waals surface area contributed by atoms with Gasteiger partial charge in [0.1, 0.15) is 0 Å². The fraction of sp³-hybridized carbons (Fsp3) is 0.300. The lowest BCUT2D eigenvalue weighted by molar-refractivity contribution is 1.20. The second kappa shape index (κ2) is 4.74. The molecule has 2 N–H and O–H groups in total. The summed E-state index contributed by atoms with van der Waals surface area (Å²) in [5.41, 5.74) is 8.02. The van der Waals surface area contributed by atoms with Gasteiger partial charge in [0.05, 0.1) is 11.4 Å². The standard InChI is InChI=1S/C10H11ClN2/c1-8-10(12)6-9(7-13-8)4-2-3-5-11/h6-7H,3,5,12H2,1H3. The summed E-state index contributed by atoms with van der Waals surface area (Å²) in [6, 6.07) is 1.82. The Morgan fingerprint density at radius 2 is 2.38 bits per heavy atom. The average molecular weight is 195 g/mol. The molecule has 0 aromatic carbocycles. The number of hydrogen-bond acceptors (Lipinski definition) is 2. The van der Waals surface area contributed by atoms with Crippen molar-refractivity contribution in [3.8, 4) is 11.8 Å². The molecule has 2 nitrogen and oxygen atoms in total. The Morgan fingerprint density at radius 1 is 1.62 bits per heavy atom. The SMILES string of the molecule is Cc1ncc(C#CCCCl)cc1N. The van der Waals surface area contributed by atoms with Crippen LogP contribution in [0.3, 0.4) is 0 Å². The first-order valence-electron chi connectivity index (χ1n) is 4.01. The molecule has 0 saturated heterocycles. The van der Waals surface area contributed by atoms with E-state index in [9.17, 15) is 0 Å². The molecule has 0 atom stereocenters. The van der Waals surface area contributed by atoms with E-state index in [1.54, 1.807) is 6.20 Å². The summed E-state index contributed by atoms with van der Waals surface area (Å²) in [4.78, 5) is 4.10. The minimum absolute atomic E-state index is 0.557. The quantitative estimate of drug-likeness (QED) is 0.548. The Hall–Kier alpha value is -1.20. The van der Waals surface area contributed by atoms with Gasteiger partial charge < -0.3 is 5.73 Å². The zero-order valence-corrected chi connectivity index (χ0v) is 8.23. The summed E-state index contributed by atoms with van der Waals surface area (Å²) in [6.07, 6.45) is 2.41. The highest BCUT2D eigenvalue weighted by Crippen LogP contribution is 2.08. The largest absolute Gasteiger partial charge is 0.397 e. The normalized spacial score (nSPS) is 9.08. The van der Waals surface area contributed by atoms with E-state index in [0.29, 0.717) is 18.0 Å². The van der Waals surface area contributed by atoms with Gasteiger partial charge in [0.2, 0.25) is 0 Å². The molecule has 0 fully saturated rings. The van der Waals surface area contributed by atoms with Crippen molar-refractivity contribution in [2.45, 2.75) is 13.3 Å². The van der Waals surface area contributed by atoms with Gasteiger partial charge in [0, 0.05) is 24.1 Å². The van der Waals surface area contributed by atoms with Crippen molar-refractivity contribution in [3.63, 3.8) is 0 Å². The molecule has 68 valence electrons. The highest BCUT2D eigenvalue weighted by molar-refractivity contribution is 6.18. The molecule has 0 unspecified atom stereocenters. The fourth-order valence-electron chi connectivity index (χ4n) is 0.830. The molecule has 0 bridgehead atoms. The van der Waals surface area contributed by atoms with Crippen LogP contribution in [0.1, 0.15) is 17.7 Å². The van der Waals surface area contributed by atoms with E-state index in [1.165, 1.54) is 0 Å². The highest BCUT2D eigenvalue weighted by atomic mass is 35.5. The first-order valence-corrected chi connectivity index (χ1v) is 4.54. The number of anilines is 1. The number of nitrogens with two attached hydrogens (primary N) is 1. The summed E-state index contributed by atoms with van der Waals surface area (Å²) in [5.74, 6) is 6.41. The first-order chi connectivity index (χ1) is 6.24. The van der Waals surface area contributed by atoms with Crippen molar-refractivity contribution in [1.82, 2.24) is 4.98 Å². The molecular formula is C10H11ClN2. The van der Waals surface area contributed by atoms with Crippen molar-refractivity contribution in [2.24, 2.45) is 0 Å². The Kier molecular flexibility index (Phi) is 3.60. The predicted octanol–water partition coefficient (Wildman–Crippen LogP) is 1.95. The van der Waals surface area contributed by atoms with E-state index in [2.05, 4.69) is 16.8 Å². The van der Waals surface area contributed by atoms with Gasteiger partial charge in [-0.1, -0.05) is 11.8 Å². The number of pyridine rings is 1. The van der Waals surface area contributed by atoms with Crippen molar-refractivity contribution in [1.29, 1.82) is 0 Å². The molecule has 1 aromatic heterocycles. The van der Waals surface area contributed by atoms with Crippen LogP contribution in [-0.2, 0) is 0 Å². The van der Waals surface area contributed by atoms with Crippen LogP contribution in [0.4, 0.5) is 5.69 Å². The monoisotopic (exact) mass is 194 g/mol. The number of aromatic nitrogens is 1. The van der Waals surface area contributed by atoms with Gasteiger partial charge in [-0.15, -0.1) is 11.6 Å². The van der Waals surface area contributed by atoms with E-state index < -0.39 is 0 Å². The summed E-state index contributed by atoms with van der Waals surface area (Å²) >= 11 is 5.48. The Labute approximate surface area is 83.1 Å². The number of halogens is 1. The molecule has 0 saturated carbocycles. The van der Waals surface area contributed by atoms with Gasteiger partial charge in [0.25, 0.3) is 0 Å². The van der Waals surface area contributed by atoms with Crippen molar-refractivity contribution < 1.29 is 0 Å². The molecule has 13 heavy (non-hydrogen) atoms. The molecule has 1 rings (SSSR count). The summed E-state index contributed by atoms with van der Waals surface area (Å²) in [6.45, 7) is 1.87. The van der Waals surface area contributed by atoms with E-state index in [4.69, 9.17) is 17.3 Å². The molecule has 0 radical (unpaired) electrons. The lowest BCUT2D eigenvalue weighted by Crippen LogP contribution is -1.93. The lowest BCUT2D eigenvalue weighted by Gasteiger charge is -1.97. The number of nitrogen functional groups attached to an aromatic ring is 1. The topological polar surface area (TPSA) is 38.9 Å². The van der Waals surface area contributed by atoms with E-state index in [-0.39, 0.29) is 0 Å². The van der Waals surface area contributed by atoms with E-state index in [1.807, 2.05) is 13.0 Å². The fourth-order valence-corrected chi connectivity index (χ4v) is 0.925. The van der Waals surface area contributed by atoms with Crippen molar-refractivity contribution >= 4 is 17.3 Å². The van der Waals surface area contributed by atoms with Gasteiger partial charge >= 0.3 is 0 Å². The first kappa shape index (κ1) is 9.88. The maximum absolute atomic E-state index is 5.67. The highest BCUT2D eigenvalue weighted by Gasteiger charge is 1.94. The number of hydrogen-bond donors (Lipinski definition) is 1. The Morgan fingerprint density at radius 3 is 3.00 bits per heavy atom. The Bertz CT molecular complexity index is 350. The van der Waals surface area contributed by atoms with Crippen LogP contribution in [0.15, 0.2) is 12.3 Å². The molecule has 0 aliphatic rings. The minimum atomic E-state index is 0.557. The minimum Gasteiger partial charge on any atom is -0.397 e. The maximum atomic E-state index is 5.67. The van der Waals surface area contributed by atoms with Gasteiger partial charge in [-0.3, -0.25) is 4.98 Å². The second-order valence-electron chi connectivity index (χ2n) is 2.64. The number of rotatable bonds is 1. The van der Waals surface area contributed by atoms with Crippen LogP contribution < -0.4 is 5.73 Å². The zero-order chi connectivity index (χ0) is 9.68. The summed E-state index contributed by atoms with van der Waals surface area (Å²) < 4.78 is 0. The number of alkyl halides is 1. The average Bonchev–Trinajstić information content (AvgIpc) is 2.12. The van der Waals surface area contributed by atoms with E-state index in [0.717, 1.165) is 11.3 Å². The molecule has 0 aliphatic heterocycles. The smallest absolute Gasteiger partial charge is 0.0602 e. The number of nitrogens with zero attached hydrogens (tertiary/aromatic N) is 1. The summed E-state index contributed by atoms with van der Waals surface area (Å²) in [7, 11) is 0. The molecule has 0 aliphatic carbocycles. The van der Waals surface area contributed by atoms with Crippen LogP contribution in [-0.4, -0.2) is 10.9 Å². The van der Waals surface area contributed by atoms with Gasteiger partial charge in [-0.05, 0) is 13.0 Å². The van der Waals surface area contributed by atoms with Gasteiger partial charge in [-0.2, -0.15) is 0 Å². The van der Waals surface area contributed by atoms with E-state index >= 15 is 0 Å². The third-order valence-electron chi connectivity index (χ3n) is 1.58. The van der Waals surface area contributed by atoms with Crippen molar-refractivity contribution in [3.05, 3.63) is 23.5 Å². The summed E-state index contributed by atoms with van der Waals surface area (Å²) in [5, 5.41) is 0. The third-order valence-corrected chi connectivity index (χ3v) is 1.77. The Balaban J connectivity index is 2.81. The zero-order valence-electron chi connectivity index (χ0n) is 7.47. The predicted molar refractivity (Wildman–Crippen MR) is 55.6 cm³/mol. The van der Waals surface area contributed by atoms with Crippen LogP contribution in [0, 0.1) is 18.8 Å².